The summed E-state index contributed by atoms with van der Waals surface area (Å²) in [7, 11) is -3.04. The van der Waals surface area contributed by atoms with Gasteiger partial charge in [0, 0.05) is 6.20 Å². The van der Waals surface area contributed by atoms with Crippen molar-refractivity contribution in [2.45, 2.75) is 11.9 Å². The van der Waals surface area contributed by atoms with Gasteiger partial charge in [-0.2, -0.15) is 5.10 Å². The SMILES string of the molecule is COC(=O)c1cnn(-c2ccc(C)cn2)c1S(N)(=O)=O. The zero-order valence-corrected chi connectivity index (χ0v) is 11.6. The maximum Gasteiger partial charge on any atom is 0.342 e. The fraction of sp³-hybridized carbons (Fsp3) is 0.182. The van der Waals surface area contributed by atoms with Gasteiger partial charge < -0.3 is 4.74 Å². The number of pyridine rings is 1. The highest BCUT2D eigenvalue weighted by Gasteiger charge is 2.27. The second-order valence-corrected chi connectivity index (χ2v) is 5.48. The zero-order chi connectivity index (χ0) is 14.9. The second kappa shape index (κ2) is 5.02. The number of hydrogen-bond donors (Lipinski definition) is 1. The van der Waals surface area contributed by atoms with Crippen LogP contribution in [0.1, 0.15) is 15.9 Å². The average Bonchev–Trinajstić information content (AvgIpc) is 2.83. The summed E-state index contributed by atoms with van der Waals surface area (Å²) in [6.45, 7) is 1.83. The molecule has 2 heterocycles. The third kappa shape index (κ3) is 2.53. The fourth-order valence-corrected chi connectivity index (χ4v) is 2.43. The molecule has 0 amide bonds. The average molecular weight is 296 g/mol. The minimum absolute atomic E-state index is 0.231. The van der Waals surface area contributed by atoms with Gasteiger partial charge in [-0.15, -0.1) is 0 Å². The van der Waals surface area contributed by atoms with Gasteiger partial charge in [0.25, 0.3) is 10.0 Å². The van der Waals surface area contributed by atoms with Crippen LogP contribution in [-0.2, 0) is 14.8 Å². The molecule has 0 saturated heterocycles. The van der Waals surface area contributed by atoms with E-state index in [4.69, 9.17) is 5.14 Å². The molecule has 106 valence electrons. The molecule has 2 rings (SSSR count). The Morgan fingerprint density at radius 2 is 2.05 bits per heavy atom. The van der Waals surface area contributed by atoms with Crippen LogP contribution in [0.5, 0.6) is 0 Å². The highest BCUT2D eigenvalue weighted by Crippen LogP contribution is 2.18. The van der Waals surface area contributed by atoms with E-state index in [9.17, 15) is 13.2 Å². The fourth-order valence-electron chi connectivity index (χ4n) is 1.61. The summed E-state index contributed by atoms with van der Waals surface area (Å²) in [6, 6.07) is 3.30. The van der Waals surface area contributed by atoms with Crippen molar-refractivity contribution in [3.05, 3.63) is 35.7 Å². The maximum atomic E-state index is 11.7. The minimum Gasteiger partial charge on any atom is -0.465 e. The van der Waals surface area contributed by atoms with Crippen LogP contribution in [0.25, 0.3) is 5.82 Å². The molecule has 0 radical (unpaired) electrons. The van der Waals surface area contributed by atoms with E-state index in [-0.39, 0.29) is 11.4 Å². The van der Waals surface area contributed by atoms with Gasteiger partial charge in [0.15, 0.2) is 10.8 Å². The van der Waals surface area contributed by atoms with Crippen LogP contribution < -0.4 is 5.14 Å². The number of carbonyl (C=O) groups excluding carboxylic acids is 1. The van der Waals surface area contributed by atoms with E-state index in [1.165, 1.54) is 0 Å². The molecule has 2 aromatic rings. The van der Waals surface area contributed by atoms with Gasteiger partial charge in [0.05, 0.1) is 13.3 Å². The van der Waals surface area contributed by atoms with Crippen LogP contribution in [0, 0.1) is 6.92 Å². The third-order valence-corrected chi connectivity index (χ3v) is 3.44. The van der Waals surface area contributed by atoms with E-state index >= 15 is 0 Å². The van der Waals surface area contributed by atoms with Crippen molar-refractivity contribution in [3.63, 3.8) is 0 Å². The Kier molecular flexibility index (Phi) is 3.55. The lowest BCUT2D eigenvalue weighted by molar-refractivity contribution is 0.0596. The first-order chi connectivity index (χ1) is 9.34. The van der Waals surface area contributed by atoms with E-state index in [0.717, 1.165) is 23.6 Å². The molecular formula is C11H12N4O4S. The molecule has 0 aliphatic rings. The number of aromatic nitrogens is 3. The predicted octanol–water partition coefficient (Wildman–Crippen LogP) is 0.00972. The van der Waals surface area contributed by atoms with Crippen LogP contribution in [0.2, 0.25) is 0 Å². The number of ether oxygens (including phenoxy) is 1. The van der Waals surface area contributed by atoms with Gasteiger partial charge in [0.1, 0.15) is 5.56 Å². The Labute approximate surface area is 115 Å². The van der Waals surface area contributed by atoms with E-state index in [2.05, 4.69) is 14.8 Å². The van der Waals surface area contributed by atoms with Crippen LogP contribution in [0.15, 0.2) is 29.6 Å². The number of carbonyl (C=O) groups is 1. The summed E-state index contributed by atoms with van der Waals surface area (Å²) >= 11 is 0. The highest BCUT2D eigenvalue weighted by molar-refractivity contribution is 7.89. The molecule has 0 atom stereocenters. The van der Waals surface area contributed by atoms with Crippen molar-refractivity contribution >= 4 is 16.0 Å². The zero-order valence-electron chi connectivity index (χ0n) is 10.8. The van der Waals surface area contributed by atoms with Crippen LogP contribution in [0.3, 0.4) is 0 Å². The van der Waals surface area contributed by atoms with Crippen LogP contribution in [0.4, 0.5) is 0 Å². The van der Waals surface area contributed by atoms with Crippen molar-refractivity contribution in [2.75, 3.05) is 7.11 Å². The molecule has 0 spiro atoms. The van der Waals surface area contributed by atoms with Gasteiger partial charge in [0.2, 0.25) is 0 Å². The molecule has 0 saturated carbocycles. The topological polar surface area (TPSA) is 117 Å². The van der Waals surface area contributed by atoms with Gasteiger partial charge in [-0.1, -0.05) is 6.07 Å². The lowest BCUT2D eigenvalue weighted by atomic mass is 10.3. The Hall–Kier alpha value is -2.26. The molecular weight excluding hydrogens is 284 g/mol. The number of sulfonamides is 1. The van der Waals surface area contributed by atoms with Crippen molar-refractivity contribution in [2.24, 2.45) is 5.14 Å². The van der Waals surface area contributed by atoms with Gasteiger partial charge in [-0.05, 0) is 18.6 Å². The molecule has 0 aliphatic carbocycles. The normalized spacial score (nSPS) is 11.3. The molecule has 0 aromatic carbocycles. The van der Waals surface area contributed by atoms with E-state index in [1.54, 1.807) is 18.3 Å². The number of rotatable bonds is 3. The molecule has 8 nitrogen and oxygen atoms in total. The summed E-state index contributed by atoms with van der Waals surface area (Å²) in [4.78, 5) is 15.6. The minimum atomic E-state index is -4.17. The quantitative estimate of drug-likeness (QED) is 0.797. The van der Waals surface area contributed by atoms with E-state index < -0.39 is 21.0 Å². The monoisotopic (exact) mass is 296 g/mol. The molecule has 20 heavy (non-hydrogen) atoms. The molecule has 2 aromatic heterocycles. The molecule has 2 N–H and O–H groups in total. The standard InChI is InChI=1S/C11H12N4O4S/c1-7-3-4-9(13-5-7)15-10(20(12,17)18)8(6-14-15)11(16)19-2/h3-6H,1-2H3,(H2,12,17,18). The van der Waals surface area contributed by atoms with Gasteiger partial charge in [-0.3, -0.25) is 0 Å². The third-order valence-electron chi connectivity index (χ3n) is 2.51. The van der Waals surface area contributed by atoms with E-state index in [0.29, 0.717) is 0 Å². The number of hydrogen-bond acceptors (Lipinski definition) is 6. The maximum absolute atomic E-state index is 11.7. The molecule has 0 bridgehead atoms. The number of methoxy groups -OCH3 is 1. The summed E-state index contributed by atoms with van der Waals surface area (Å²) in [5.41, 5.74) is 0.656. The van der Waals surface area contributed by atoms with Crippen LogP contribution in [-0.4, -0.2) is 36.3 Å². The van der Waals surface area contributed by atoms with Gasteiger partial charge >= 0.3 is 5.97 Å². The Morgan fingerprint density at radius 3 is 2.55 bits per heavy atom. The first-order valence-electron chi connectivity index (χ1n) is 5.46. The second-order valence-electron chi connectivity index (χ2n) is 4.01. The number of esters is 1. The molecule has 0 aliphatic heterocycles. The van der Waals surface area contributed by atoms with Crippen LogP contribution >= 0.6 is 0 Å². The molecule has 9 heteroatoms. The van der Waals surface area contributed by atoms with Gasteiger partial charge in [-0.25, -0.2) is 28.0 Å². The summed E-state index contributed by atoms with van der Waals surface area (Å²) in [5, 5.41) is 8.53. The van der Waals surface area contributed by atoms with Crippen molar-refractivity contribution < 1.29 is 17.9 Å². The largest absolute Gasteiger partial charge is 0.465 e. The first kappa shape index (κ1) is 14.2. The lowest BCUT2D eigenvalue weighted by Gasteiger charge is -2.06. The molecule has 0 unspecified atom stereocenters. The lowest BCUT2D eigenvalue weighted by Crippen LogP contribution is -2.21. The Balaban J connectivity index is 2.69. The number of nitrogens with zero attached hydrogens (tertiary/aromatic N) is 3. The van der Waals surface area contributed by atoms with Crippen molar-refractivity contribution in [3.8, 4) is 5.82 Å². The smallest absolute Gasteiger partial charge is 0.342 e. The number of aryl methyl sites for hydroxylation is 1. The summed E-state index contributed by atoms with van der Waals surface area (Å²) in [5.74, 6) is -0.609. The Bertz CT molecular complexity index is 749. The summed E-state index contributed by atoms with van der Waals surface area (Å²) in [6.07, 6.45) is 2.62. The van der Waals surface area contributed by atoms with E-state index in [1.807, 2.05) is 6.92 Å². The summed E-state index contributed by atoms with van der Waals surface area (Å²) < 4.78 is 28.9. The van der Waals surface area contributed by atoms with Crippen molar-refractivity contribution in [1.29, 1.82) is 0 Å². The first-order valence-corrected chi connectivity index (χ1v) is 7.01. The number of nitrogens with two attached hydrogens (primary N) is 1. The highest BCUT2D eigenvalue weighted by atomic mass is 32.2. The number of primary sulfonamides is 1. The Morgan fingerprint density at radius 1 is 1.35 bits per heavy atom. The predicted molar refractivity (Wildman–Crippen MR) is 68.8 cm³/mol. The molecule has 0 fully saturated rings. The van der Waals surface area contributed by atoms with Crippen molar-refractivity contribution in [1.82, 2.24) is 14.8 Å².